The molecule has 4 heteroatoms. The van der Waals surface area contributed by atoms with Crippen molar-refractivity contribution in [3.05, 3.63) is 59.7 Å². The van der Waals surface area contributed by atoms with Crippen molar-refractivity contribution in [2.24, 2.45) is 0 Å². The van der Waals surface area contributed by atoms with Gasteiger partial charge in [-0.1, -0.05) is 18.2 Å². The van der Waals surface area contributed by atoms with E-state index in [9.17, 15) is 4.79 Å². The molecule has 0 saturated carbocycles. The number of hydrogen-bond donors (Lipinski definition) is 0. The Kier molecular flexibility index (Phi) is 4.93. The minimum absolute atomic E-state index is 0.154. The third kappa shape index (κ3) is 3.47. The van der Waals surface area contributed by atoms with Gasteiger partial charge in [-0.2, -0.15) is 0 Å². The number of para-hydroxylation sites is 1. The predicted molar refractivity (Wildman–Crippen MR) is 106 cm³/mol. The van der Waals surface area contributed by atoms with Gasteiger partial charge in [0.1, 0.15) is 0 Å². The molecule has 1 fully saturated rings. The summed E-state index contributed by atoms with van der Waals surface area (Å²) in [7, 11) is 2.11. The van der Waals surface area contributed by atoms with Crippen LogP contribution < -0.4 is 4.90 Å². The van der Waals surface area contributed by atoms with E-state index in [1.165, 1.54) is 29.8 Å². The van der Waals surface area contributed by atoms with Crippen molar-refractivity contribution in [1.29, 1.82) is 0 Å². The molecule has 0 atom stereocenters. The lowest BCUT2D eigenvalue weighted by molar-refractivity contribution is 0.0664. The number of carbonyl (C=O) groups is 1. The minimum Gasteiger partial charge on any atom is -0.341 e. The van der Waals surface area contributed by atoms with Gasteiger partial charge < -0.3 is 14.7 Å². The molecule has 2 aliphatic rings. The van der Waals surface area contributed by atoms with Crippen molar-refractivity contribution in [1.82, 2.24) is 9.80 Å². The number of likely N-dealkylation sites (N-methyl/N-ethyl adjacent to an activating group) is 1. The van der Waals surface area contributed by atoms with Gasteiger partial charge in [-0.15, -0.1) is 0 Å². The number of rotatable bonds is 2. The van der Waals surface area contributed by atoms with Gasteiger partial charge >= 0.3 is 0 Å². The summed E-state index contributed by atoms with van der Waals surface area (Å²) in [6, 6.07) is 16.9. The van der Waals surface area contributed by atoms with Gasteiger partial charge in [0.25, 0.3) is 5.91 Å². The topological polar surface area (TPSA) is 26.8 Å². The van der Waals surface area contributed by atoms with E-state index in [1.807, 2.05) is 17.0 Å². The van der Waals surface area contributed by atoms with Crippen LogP contribution in [-0.2, 0) is 6.42 Å². The van der Waals surface area contributed by atoms with Gasteiger partial charge in [0.05, 0.1) is 0 Å². The number of benzene rings is 2. The van der Waals surface area contributed by atoms with Crippen LogP contribution in [0.3, 0.4) is 0 Å². The molecule has 0 spiro atoms. The molecule has 2 heterocycles. The minimum atomic E-state index is 0.154. The zero-order chi connectivity index (χ0) is 17.9. The fourth-order valence-electron chi connectivity index (χ4n) is 3.94. The average Bonchev–Trinajstić information content (AvgIpc) is 2.91. The second-order valence-corrected chi connectivity index (χ2v) is 7.38. The number of fused-ring (bicyclic) bond motifs is 1. The quantitative estimate of drug-likeness (QED) is 0.830. The molecule has 4 rings (SSSR count). The van der Waals surface area contributed by atoms with Crippen molar-refractivity contribution < 1.29 is 4.79 Å². The molecule has 0 aromatic heterocycles. The van der Waals surface area contributed by atoms with Crippen LogP contribution in [0.15, 0.2) is 48.5 Å². The van der Waals surface area contributed by atoms with Crippen molar-refractivity contribution in [3.8, 4) is 0 Å². The SMILES string of the molecule is CN1CCN(C(=O)c2ccc(N3CCCCc4ccccc43)cc2)CC1. The van der Waals surface area contributed by atoms with Crippen molar-refractivity contribution in [3.63, 3.8) is 0 Å². The molecule has 1 saturated heterocycles. The largest absolute Gasteiger partial charge is 0.341 e. The fraction of sp³-hybridized carbons (Fsp3) is 0.409. The summed E-state index contributed by atoms with van der Waals surface area (Å²) in [5.74, 6) is 0.154. The molecule has 0 unspecified atom stereocenters. The first-order chi connectivity index (χ1) is 12.7. The van der Waals surface area contributed by atoms with Gasteiger partial charge in [-0.25, -0.2) is 0 Å². The van der Waals surface area contributed by atoms with E-state index in [4.69, 9.17) is 0 Å². The van der Waals surface area contributed by atoms with Crippen LogP contribution in [0.1, 0.15) is 28.8 Å². The van der Waals surface area contributed by atoms with Gasteiger partial charge in [0.15, 0.2) is 0 Å². The number of carbonyl (C=O) groups excluding carboxylic acids is 1. The zero-order valence-corrected chi connectivity index (χ0v) is 15.5. The Morgan fingerprint density at radius 2 is 1.58 bits per heavy atom. The van der Waals surface area contributed by atoms with Gasteiger partial charge in [-0.3, -0.25) is 4.79 Å². The van der Waals surface area contributed by atoms with Crippen LogP contribution in [0.4, 0.5) is 11.4 Å². The smallest absolute Gasteiger partial charge is 0.253 e. The number of nitrogens with zero attached hydrogens (tertiary/aromatic N) is 3. The molecule has 2 aromatic rings. The fourth-order valence-corrected chi connectivity index (χ4v) is 3.94. The number of aryl methyl sites for hydroxylation is 1. The van der Waals surface area contributed by atoms with Crippen LogP contribution in [0.2, 0.25) is 0 Å². The van der Waals surface area contributed by atoms with E-state index in [-0.39, 0.29) is 5.91 Å². The molecule has 0 N–H and O–H groups in total. The molecule has 2 aliphatic heterocycles. The highest BCUT2D eigenvalue weighted by Gasteiger charge is 2.21. The molecular formula is C22H27N3O. The Labute approximate surface area is 156 Å². The van der Waals surface area contributed by atoms with Crippen LogP contribution in [0.25, 0.3) is 0 Å². The molecule has 26 heavy (non-hydrogen) atoms. The lowest BCUT2D eigenvalue weighted by Crippen LogP contribution is -2.47. The van der Waals surface area contributed by atoms with Gasteiger partial charge in [0, 0.05) is 49.7 Å². The van der Waals surface area contributed by atoms with Gasteiger partial charge in [-0.05, 0) is 62.2 Å². The first-order valence-corrected chi connectivity index (χ1v) is 9.66. The van der Waals surface area contributed by atoms with Crippen molar-refractivity contribution in [2.45, 2.75) is 19.3 Å². The first-order valence-electron chi connectivity index (χ1n) is 9.66. The zero-order valence-electron chi connectivity index (χ0n) is 15.5. The van der Waals surface area contributed by atoms with Gasteiger partial charge in [0.2, 0.25) is 0 Å². The summed E-state index contributed by atoms with van der Waals surface area (Å²) in [5, 5.41) is 0. The average molecular weight is 349 g/mol. The van der Waals surface area contributed by atoms with Crippen LogP contribution >= 0.6 is 0 Å². The van der Waals surface area contributed by atoms with E-state index >= 15 is 0 Å². The second kappa shape index (κ2) is 7.50. The number of piperazine rings is 1. The molecular weight excluding hydrogens is 322 g/mol. The van der Waals surface area contributed by atoms with E-state index in [2.05, 4.69) is 53.2 Å². The van der Waals surface area contributed by atoms with Crippen LogP contribution in [0, 0.1) is 0 Å². The Bertz CT molecular complexity index is 763. The lowest BCUT2D eigenvalue weighted by atomic mass is 10.1. The molecule has 136 valence electrons. The monoisotopic (exact) mass is 349 g/mol. The summed E-state index contributed by atoms with van der Waals surface area (Å²) < 4.78 is 0. The third-order valence-corrected chi connectivity index (χ3v) is 5.58. The second-order valence-electron chi connectivity index (χ2n) is 7.38. The summed E-state index contributed by atoms with van der Waals surface area (Å²) in [5.41, 5.74) is 4.70. The first kappa shape index (κ1) is 17.1. The lowest BCUT2D eigenvalue weighted by Gasteiger charge is -2.32. The maximum absolute atomic E-state index is 12.7. The van der Waals surface area contributed by atoms with E-state index in [0.29, 0.717) is 0 Å². The number of hydrogen-bond acceptors (Lipinski definition) is 3. The third-order valence-electron chi connectivity index (χ3n) is 5.58. The maximum atomic E-state index is 12.7. The summed E-state index contributed by atoms with van der Waals surface area (Å²) in [6.07, 6.45) is 3.57. The summed E-state index contributed by atoms with van der Waals surface area (Å²) in [4.78, 5) is 19.4. The summed E-state index contributed by atoms with van der Waals surface area (Å²) >= 11 is 0. The molecule has 2 aromatic carbocycles. The van der Waals surface area contributed by atoms with E-state index < -0.39 is 0 Å². The van der Waals surface area contributed by atoms with Crippen molar-refractivity contribution >= 4 is 17.3 Å². The summed E-state index contributed by atoms with van der Waals surface area (Å²) in [6.45, 7) is 4.57. The Morgan fingerprint density at radius 1 is 0.846 bits per heavy atom. The molecule has 4 nitrogen and oxygen atoms in total. The Morgan fingerprint density at radius 3 is 2.35 bits per heavy atom. The molecule has 0 radical (unpaired) electrons. The highest BCUT2D eigenvalue weighted by molar-refractivity contribution is 5.94. The van der Waals surface area contributed by atoms with Crippen molar-refractivity contribution in [2.75, 3.05) is 44.7 Å². The van der Waals surface area contributed by atoms with Crippen LogP contribution in [0.5, 0.6) is 0 Å². The Hall–Kier alpha value is -2.33. The maximum Gasteiger partial charge on any atom is 0.253 e. The molecule has 1 amide bonds. The number of anilines is 2. The van der Waals surface area contributed by atoms with E-state index in [0.717, 1.165) is 44.7 Å². The highest BCUT2D eigenvalue weighted by Crippen LogP contribution is 2.32. The molecule has 0 bridgehead atoms. The highest BCUT2D eigenvalue weighted by atomic mass is 16.2. The number of amides is 1. The molecule has 0 aliphatic carbocycles. The normalized spacial score (nSPS) is 18.3. The Balaban J connectivity index is 1.54. The predicted octanol–water partition coefficient (Wildman–Crippen LogP) is 3.55. The van der Waals surface area contributed by atoms with Crippen LogP contribution in [-0.4, -0.2) is 55.5 Å². The van der Waals surface area contributed by atoms with E-state index in [1.54, 1.807) is 0 Å². The standard InChI is InChI=1S/C22H27N3O/c1-23-14-16-24(17-15-23)22(26)19-9-11-20(12-10-19)25-13-5-4-7-18-6-2-3-8-21(18)25/h2-3,6,8-12H,4-5,7,13-17H2,1H3.